The normalized spacial score (nSPS) is 29.3. The third-order valence-electron chi connectivity index (χ3n) is 3.08. The Morgan fingerprint density at radius 3 is 1.83 bits per heavy atom. The molecule has 10 nitrogen and oxygen atoms in total. The maximum Gasteiger partial charge on any atom is 0.305 e. The Morgan fingerprint density at radius 1 is 0.917 bits per heavy atom. The van der Waals surface area contributed by atoms with Crippen LogP contribution in [0.15, 0.2) is 0 Å². The summed E-state index contributed by atoms with van der Waals surface area (Å²) in [7, 11) is 0. The largest absolute Gasteiger partial charge is 0.456 e. The van der Waals surface area contributed by atoms with Crippen molar-refractivity contribution in [2.24, 2.45) is 0 Å². The van der Waals surface area contributed by atoms with Crippen molar-refractivity contribution in [3.63, 3.8) is 0 Å². The maximum atomic E-state index is 11.4. The van der Waals surface area contributed by atoms with E-state index in [1.165, 1.54) is 6.92 Å². The molecule has 1 rings (SSSR count). The summed E-state index contributed by atoms with van der Waals surface area (Å²) in [4.78, 5) is 45.4. The molecule has 0 bridgehead atoms. The molecule has 5 atom stereocenters. The number of esters is 3. The second-order valence-corrected chi connectivity index (χ2v) is 5.21. The molecule has 0 aliphatic carbocycles. The molecule has 2 N–H and O–H groups in total. The minimum absolute atomic E-state index is 0.512. The van der Waals surface area contributed by atoms with Crippen molar-refractivity contribution < 1.29 is 43.2 Å². The minimum Gasteiger partial charge on any atom is -0.456 e. The van der Waals surface area contributed by atoms with E-state index < -0.39 is 61.1 Å². The summed E-state index contributed by atoms with van der Waals surface area (Å²) in [5.41, 5.74) is 0. The molecule has 136 valence electrons. The number of nitrogens with one attached hydrogen (secondary N) is 1. The number of amides is 1. The number of carbonyl (C=O) groups excluding carboxylic acids is 4. The highest BCUT2D eigenvalue weighted by atomic mass is 16.7. The highest BCUT2D eigenvalue weighted by molar-refractivity contribution is 5.74. The van der Waals surface area contributed by atoms with Crippen molar-refractivity contribution in [3.05, 3.63) is 0 Å². The van der Waals surface area contributed by atoms with Crippen molar-refractivity contribution in [1.29, 1.82) is 0 Å². The smallest absolute Gasteiger partial charge is 0.305 e. The highest BCUT2D eigenvalue weighted by Gasteiger charge is 2.51. The molecule has 10 heteroatoms. The molecule has 1 heterocycles. The van der Waals surface area contributed by atoms with Crippen LogP contribution in [0.4, 0.5) is 0 Å². The minimum atomic E-state index is -1.33. The van der Waals surface area contributed by atoms with Crippen LogP contribution >= 0.6 is 0 Å². The third kappa shape index (κ3) is 5.46. The van der Waals surface area contributed by atoms with Crippen molar-refractivity contribution in [1.82, 2.24) is 5.32 Å². The first kappa shape index (κ1) is 19.8. The van der Waals surface area contributed by atoms with Crippen molar-refractivity contribution in [2.75, 3.05) is 6.61 Å². The predicted octanol–water partition coefficient (Wildman–Crippen LogP) is -1.37. The summed E-state index contributed by atoms with van der Waals surface area (Å²) in [6.45, 7) is 3.99. The Balaban J connectivity index is 3.23. The molecule has 0 aromatic carbocycles. The lowest BCUT2D eigenvalue weighted by Gasteiger charge is -2.44. The van der Waals surface area contributed by atoms with E-state index in [1.54, 1.807) is 0 Å². The van der Waals surface area contributed by atoms with E-state index in [0.717, 1.165) is 20.8 Å². The van der Waals surface area contributed by atoms with E-state index in [2.05, 4.69) is 5.32 Å². The lowest BCUT2D eigenvalue weighted by atomic mass is 9.96. The Morgan fingerprint density at radius 2 is 1.42 bits per heavy atom. The Bertz CT molecular complexity index is 506. The lowest BCUT2D eigenvalue weighted by molar-refractivity contribution is -0.269. The fraction of sp³-hybridized carbons (Fsp3) is 0.714. The second kappa shape index (κ2) is 8.60. The maximum absolute atomic E-state index is 11.4. The molecule has 1 aliphatic rings. The summed E-state index contributed by atoms with van der Waals surface area (Å²) in [5.74, 6) is -2.64. The first-order chi connectivity index (χ1) is 11.1. The molecule has 1 saturated heterocycles. The summed E-state index contributed by atoms with van der Waals surface area (Å²) < 4.78 is 20.6. The van der Waals surface area contributed by atoms with Gasteiger partial charge in [-0.3, -0.25) is 19.2 Å². The number of rotatable bonds is 5. The van der Waals surface area contributed by atoms with Gasteiger partial charge in [-0.2, -0.15) is 0 Å². The third-order valence-corrected chi connectivity index (χ3v) is 3.08. The summed E-state index contributed by atoms with van der Waals surface area (Å²) in [6.07, 6.45) is -4.86. The van der Waals surface area contributed by atoms with Gasteiger partial charge in [0.1, 0.15) is 12.1 Å². The van der Waals surface area contributed by atoms with Gasteiger partial charge < -0.3 is 29.4 Å². The van der Waals surface area contributed by atoms with Crippen LogP contribution in [-0.2, 0) is 38.1 Å². The van der Waals surface area contributed by atoms with E-state index in [-0.39, 0.29) is 0 Å². The zero-order chi connectivity index (χ0) is 18.4. The lowest BCUT2D eigenvalue weighted by Crippen LogP contribution is -2.66. The summed E-state index contributed by atoms with van der Waals surface area (Å²) in [6, 6.07) is -1.12. The van der Waals surface area contributed by atoms with Gasteiger partial charge in [-0.15, -0.1) is 0 Å². The molecule has 0 saturated carbocycles. The van der Waals surface area contributed by atoms with Crippen LogP contribution in [-0.4, -0.2) is 66.2 Å². The van der Waals surface area contributed by atoms with Crippen LogP contribution in [0, 0.1) is 0 Å². The molecule has 0 radical (unpaired) electrons. The van der Waals surface area contributed by atoms with Crippen LogP contribution in [0.25, 0.3) is 0 Å². The van der Waals surface area contributed by atoms with Gasteiger partial charge in [0.25, 0.3) is 0 Å². The van der Waals surface area contributed by atoms with Gasteiger partial charge in [0.15, 0.2) is 12.2 Å². The van der Waals surface area contributed by atoms with Crippen molar-refractivity contribution >= 4 is 23.8 Å². The average molecular weight is 347 g/mol. The van der Waals surface area contributed by atoms with Gasteiger partial charge in [0.2, 0.25) is 12.2 Å². The monoisotopic (exact) mass is 347 g/mol. The second-order valence-electron chi connectivity index (χ2n) is 5.21. The quantitative estimate of drug-likeness (QED) is 0.456. The number of hydrogen-bond donors (Lipinski definition) is 2. The zero-order valence-electron chi connectivity index (χ0n) is 13.8. The van der Waals surface area contributed by atoms with Crippen LogP contribution in [0.5, 0.6) is 0 Å². The molecule has 0 unspecified atom stereocenters. The highest BCUT2D eigenvalue weighted by Crippen LogP contribution is 2.27. The average Bonchev–Trinajstić information content (AvgIpc) is 2.42. The molecule has 24 heavy (non-hydrogen) atoms. The van der Waals surface area contributed by atoms with Crippen molar-refractivity contribution in [2.45, 2.75) is 58.3 Å². The number of aliphatic hydroxyl groups excluding tert-OH is 1. The Hall–Kier alpha value is -2.20. The van der Waals surface area contributed by atoms with Crippen molar-refractivity contribution in [3.8, 4) is 0 Å². The van der Waals surface area contributed by atoms with Gasteiger partial charge in [-0.1, -0.05) is 0 Å². The number of hydrogen-bond acceptors (Lipinski definition) is 9. The molecule has 1 aliphatic heterocycles. The van der Waals surface area contributed by atoms with Gasteiger partial charge in [0.05, 0.1) is 6.61 Å². The summed E-state index contributed by atoms with van der Waals surface area (Å²) >= 11 is 0. The number of aliphatic hydroxyl groups is 1. The topological polar surface area (TPSA) is 137 Å². The predicted molar refractivity (Wildman–Crippen MR) is 76.2 cm³/mol. The Kier molecular flexibility index (Phi) is 7.11. The SMILES string of the molecule is CC(=O)N[C@H]1[C@@H](OC(C)=O)O[C@H](CO)[C@H](OC(C)=O)[C@@H]1OC(C)=O. The molecule has 1 fully saturated rings. The number of carbonyl (C=O) groups is 4. The van der Waals surface area contributed by atoms with E-state index in [0.29, 0.717) is 0 Å². The van der Waals surface area contributed by atoms with Crippen LogP contribution < -0.4 is 5.32 Å². The molecule has 0 aromatic heterocycles. The molecular formula is C14H21NO9. The summed E-state index contributed by atoms with van der Waals surface area (Å²) in [5, 5.41) is 11.9. The van der Waals surface area contributed by atoms with E-state index in [9.17, 15) is 24.3 Å². The molecular weight excluding hydrogens is 326 g/mol. The number of ether oxygens (including phenoxy) is 4. The fourth-order valence-electron chi connectivity index (χ4n) is 2.37. The molecule has 0 aromatic rings. The van der Waals surface area contributed by atoms with E-state index in [1.807, 2.05) is 0 Å². The van der Waals surface area contributed by atoms with Crippen LogP contribution in [0.3, 0.4) is 0 Å². The van der Waals surface area contributed by atoms with Crippen LogP contribution in [0.1, 0.15) is 27.7 Å². The van der Waals surface area contributed by atoms with Gasteiger partial charge in [0, 0.05) is 27.7 Å². The van der Waals surface area contributed by atoms with E-state index >= 15 is 0 Å². The van der Waals surface area contributed by atoms with Crippen LogP contribution in [0.2, 0.25) is 0 Å². The zero-order valence-corrected chi connectivity index (χ0v) is 13.8. The molecule has 0 spiro atoms. The first-order valence-electron chi connectivity index (χ1n) is 7.20. The Labute approximate surface area is 138 Å². The van der Waals surface area contributed by atoms with Gasteiger partial charge in [-0.05, 0) is 0 Å². The van der Waals surface area contributed by atoms with Gasteiger partial charge >= 0.3 is 17.9 Å². The fourth-order valence-corrected chi connectivity index (χ4v) is 2.37. The molecule has 1 amide bonds. The standard InChI is InChI=1S/C14H21NO9/c1-6(17)15-11-13(22-8(3)19)12(21-7(2)18)10(5-16)24-14(11)23-9(4)20/h10-14,16H,5H2,1-4H3,(H,15,17)/t10-,11-,12+,13-,14+/m1/s1. The first-order valence-corrected chi connectivity index (χ1v) is 7.20. The van der Waals surface area contributed by atoms with Gasteiger partial charge in [-0.25, -0.2) is 0 Å². The van der Waals surface area contributed by atoms with E-state index in [4.69, 9.17) is 18.9 Å².